The van der Waals surface area contributed by atoms with Gasteiger partial charge in [0.25, 0.3) is 0 Å². The highest BCUT2D eigenvalue weighted by atomic mass is 16.4. The summed E-state index contributed by atoms with van der Waals surface area (Å²) in [5.41, 5.74) is 0.920. The first kappa shape index (κ1) is 12.6. The molecule has 1 fully saturated rings. The van der Waals surface area contributed by atoms with Crippen LogP contribution in [0.4, 0.5) is 0 Å². The summed E-state index contributed by atoms with van der Waals surface area (Å²) < 4.78 is 5.26. The van der Waals surface area contributed by atoms with Gasteiger partial charge < -0.3 is 9.32 Å². The van der Waals surface area contributed by atoms with Crippen LogP contribution in [0.15, 0.2) is 33.5 Å². The molecule has 0 spiro atoms. The van der Waals surface area contributed by atoms with Gasteiger partial charge in [0.05, 0.1) is 0 Å². The van der Waals surface area contributed by atoms with Crippen LogP contribution >= 0.6 is 0 Å². The largest absolute Gasteiger partial charge is 0.423 e. The van der Waals surface area contributed by atoms with Gasteiger partial charge in [-0.3, -0.25) is 4.90 Å². The molecule has 0 radical (unpaired) electrons. The van der Waals surface area contributed by atoms with Gasteiger partial charge in [-0.05, 0) is 31.5 Å². The summed E-state index contributed by atoms with van der Waals surface area (Å²) in [7, 11) is 2.17. The van der Waals surface area contributed by atoms with Gasteiger partial charge in [-0.2, -0.15) is 0 Å². The zero-order valence-corrected chi connectivity index (χ0v) is 11.3. The first-order valence-electron chi connectivity index (χ1n) is 6.96. The van der Waals surface area contributed by atoms with E-state index in [1.165, 1.54) is 11.6 Å². The van der Waals surface area contributed by atoms with Crippen LogP contribution in [0.1, 0.15) is 18.6 Å². The molecule has 0 unspecified atom stereocenters. The van der Waals surface area contributed by atoms with E-state index >= 15 is 0 Å². The predicted octanol–water partition coefficient (Wildman–Crippen LogP) is 1.43. The molecule has 1 aromatic heterocycles. The van der Waals surface area contributed by atoms with Crippen LogP contribution in [0.2, 0.25) is 0 Å². The molecule has 1 aliphatic carbocycles. The van der Waals surface area contributed by atoms with E-state index in [1.54, 1.807) is 6.07 Å². The van der Waals surface area contributed by atoms with Gasteiger partial charge in [0, 0.05) is 38.3 Å². The van der Waals surface area contributed by atoms with E-state index in [4.69, 9.17) is 4.42 Å². The second kappa shape index (κ2) is 5.31. The SMILES string of the molecule is CN1CCN([C@H]2C=C(c3cccc(=O)o3)CC2)CC1. The van der Waals surface area contributed by atoms with Gasteiger partial charge in [-0.15, -0.1) is 0 Å². The molecule has 19 heavy (non-hydrogen) atoms. The zero-order chi connectivity index (χ0) is 13.2. The lowest BCUT2D eigenvalue weighted by Gasteiger charge is -2.35. The Labute approximate surface area is 113 Å². The molecule has 1 aromatic rings. The first-order valence-corrected chi connectivity index (χ1v) is 6.96. The number of likely N-dealkylation sites (N-methyl/N-ethyl adjacent to an activating group) is 1. The summed E-state index contributed by atoms with van der Waals surface area (Å²) in [5.74, 6) is 0.740. The van der Waals surface area contributed by atoms with Crippen molar-refractivity contribution in [1.82, 2.24) is 9.80 Å². The van der Waals surface area contributed by atoms with Crippen molar-refractivity contribution in [2.24, 2.45) is 0 Å². The molecule has 0 saturated carbocycles. The number of rotatable bonds is 2. The Hall–Kier alpha value is -1.39. The van der Waals surface area contributed by atoms with E-state index in [2.05, 4.69) is 22.9 Å². The Morgan fingerprint density at radius 3 is 2.74 bits per heavy atom. The fraction of sp³-hybridized carbons (Fsp3) is 0.533. The van der Waals surface area contributed by atoms with Crippen molar-refractivity contribution in [1.29, 1.82) is 0 Å². The molecule has 1 aliphatic heterocycles. The highest BCUT2D eigenvalue weighted by molar-refractivity contribution is 5.64. The average Bonchev–Trinajstić information content (AvgIpc) is 2.89. The second-order valence-corrected chi connectivity index (χ2v) is 5.45. The van der Waals surface area contributed by atoms with Crippen molar-refractivity contribution in [3.63, 3.8) is 0 Å². The number of piperazine rings is 1. The van der Waals surface area contributed by atoms with Crippen LogP contribution in [0.5, 0.6) is 0 Å². The Morgan fingerprint density at radius 1 is 1.21 bits per heavy atom. The molecule has 0 amide bonds. The summed E-state index contributed by atoms with van der Waals surface area (Å²) in [6, 6.07) is 5.62. The fourth-order valence-corrected chi connectivity index (χ4v) is 2.91. The van der Waals surface area contributed by atoms with E-state index in [-0.39, 0.29) is 5.63 Å². The molecule has 4 heteroatoms. The fourth-order valence-electron chi connectivity index (χ4n) is 2.91. The maximum absolute atomic E-state index is 11.3. The van der Waals surface area contributed by atoms with Crippen LogP contribution in [0.25, 0.3) is 5.57 Å². The summed E-state index contributed by atoms with van der Waals surface area (Å²) in [6.45, 7) is 4.54. The van der Waals surface area contributed by atoms with E-state index in [0.717, 1.165) is 44.8 Å². The molecule has 0 aromatic carbocycles. The third-order valence-electron chi connectivity index (χ3n) is 4.12. The Kier molecular flexibility index (Phi) is 3.53. The average molecular weight is 260 g/mol. The third kappa shape index (κ3) is 2.80. The molecule has 3 rings (SSSR count). The van der Waals surface area contributed by atoms with E-state index < -0.39 is 0 Å². The number of hydrogen-bond donors (Lipinski definition) is 0. The molecule has 102 valence electrons. The van der Waals surface area contributed by atoms with Crippen LogP contribution in [0, 0.1) is 0 Å². The van der Waals surface area contributed by atoms with E-state index in [9.17, 15) is 4.79 Å². The lowest BCUT2D eigenvalue weighted by Crippen LogP contribution is -2.47. The van der Waals surface area contributed by atoms with Crippen molar-refractivity contribution >= 4 is 5.57 Å². The van der Waals surface area contributed by atoms with Crippen molar-refractivity contribution in [2.75, 3.05) is 33.2 Å². The molecular formula is C15H20N2O2. The standard InChI is InChI=1S/C15H20N2O2/c1-16-7-9-17(10-8-16)13-6-5-12(11-13)14-3-2-4-15(18)19-14/h2-4,11,13H,5-10H2,1H3/t13-/m1/s1. The Morgan fingerprint density at radius 2 is 2.00 bits per heavy atom. The summed E-state index contributed by atoms with van der Waals surface area (Å²) in [6.07, 6.45) is 4.42. The summed E-state index contributed by atoms with van der Waals surface area (Å²) in [5, 5.41) is 0. The lowest BCUT2D eigenvalue weighted by molar-refractivity contribution is 0.129. The molecule has 2 heterocycles. The zero-order valence-electron chi connectivity index (χ0n) is 11.3. The molecule has 1 saturated heterocycles. The van der Waals surface area contributed by atoms with E-state index in [1.807, 2.05) is 6.07 Å². The topological polar surface area (TPSA) is 36.7 Å². The smallest absolute Gasteiger partial charge is 0.336 e. The summed E-state index contributed by atoms with van der Waals surface area (Å²) >= 11 is 0. The minimum Gasteiger partial charge on any atom is -0.423 e. The normalized spacial score (nSPS) is 25.5. The quantitative estimate of drug-likeness (QED) is 0.806. The second-order valence-electron chi connectivity index (χ2n) is 5.45. The first-order chi connectivity index (χ1) is 9.22. The molecule has 4 nitrogen and oxygen atoms in total. The van der Waals surface area contributed by atoms with Gasteiger partial charge in [-0.25, -0.2) is 4.79 Å². The van der Waals surface area contributed by atoms with Crippen LogP contribution in [-0.2, 0) is 0 Å². The Bertz CT molecular complexity index is 527. The van der Waals surface area contributed by atoms with Gasteiger partial charge >= 0.3 is 5.63 Å². The van der Waals surface area contributed by atoms with Crippen LogP contribution in [0.3, 0.4) is 0 Å². The minimum absolute atomic E-state index is 0.263. The van der Waals surface area contributed by atoms with E-state index in [0.29, 0.717) is 6.04 Å². The van der Waals surface area contributed by atoms with Crippen LogP contribution < -0.4 is 5.63 Å². The van der Waals surface area contributed by atoms with Crippen molar-refractivity contribution in [3.8, 4) is 0 Å². The lowest BCUT2D eigenvalue weighted by atomic mass is 10.2. The summed E-state index contributed by atoms with van der Waals surface area (Å²) in [4.78, 5) is 16.2. The molecule has 0 N–H and O–H groups in total. The number of hydrogen-bond acceptors (Lipinski definition) is 4. The maximum Gasteiger partial charge on any atom is 0.336 e. The van der Waals surface area contributed by atoms with Gasteiger partial charge in [-0.1, -0.05) is 12.1 Å². The van der Waals surface area contributed by atoms with Crippen molar-refractivity contribution in [3.05, 3.63) is 40.5 Å². The van der Waals surface area contributed by atoms with Gasteiger partial charge in [0.1, 0.15) is 5.76 Å². The predicted molar refractivity (Wildman–Crippen MR) is 75.0 cm³/mol. The highest BCUT2D eigenvalue weighted by Crippen LogP contribution is 2.30. The third-order valence-corrected chi connectivity index (χ3v) is 4.12. The monoisotopic (exact) mass is 260 g/mol. The molecular weight excluding hydrogens is 240 g/mol. The molecule has 2 aliphatic rings. The van der Waals surface area contributed by atoms with Gasteiger partial charge in [0.15, 0.2) is 0 Å². The minimum atomic E-state index is -0.263. The highest BCUT2D eigenvalue weighted by Gasteiger charge is 2.26. The van der Waals surface area contributed by atoms with Gasteiger partial charge in [0.2, 0.25) is 0 Å². The Balaban J connectivity index is 1.72. The van der Waals surface area contributed by atoms with Crippen molar-refractivity contribution in [2.45, 2.75) is 18.9 Å². The molecule has 1 atom stereocenters. The maximum atomic E-state index is 11.3. The number of nitrogens with zero attached hydrogens (tertiary/aromatic N) is 2. The molecule has 0 bridgehead atoms. The number of allylic oxidation sites excluding steroid dienone is 1. The van der Waals surface area contributed by atoms with Crippen LogP contribution in [-0.4, -0.2) is 49.1 Å². The van der Waals surface area contributed by atoms with Crippen molar-refractivity contribution < 1.29 is 4.42 Å².